The highest BCUT2D eigenvalue weighted by Gasteiger charge is 2.06. The lowest BCUT2D eigenvalue weighted by Gasteiger charge is -2.14. The number of rotatable bonds is 4. The summed E-state index contributed by atoms with van der Waals surface area (Å²) in [5.74, 6) is -0.154. The van der Waals surface area contributed by atoms with Gasteiger partial charge in [-0.1, -0.05) is 29.8 Å². The normalized spacial score (nSPS) is 12.4. The van der Waals surface area contributed by atoms with E-state index in [4.69, 9.17) is 11.6 Å². The Morgan fingerprint density at radius 3 is 2.53 bits per heavy atom. The Balaban J connectivity index is 1.98. The second kappa shape index (κ2) is 6.04. The zero-order valence-corrected chi connectivity index (χ0v) is 11.3. The summed E-state index contributed by atoms with van der Waals surface area (Å²) in [6.45, 7) is 2.63. The summed E-state index contributed by atoms with van der Waals surface area (Å²) >= 11 is 5.84. The molecule has 4 heteroatoms. The van der Waals surface area contributed by atoms with Crippen LogP contribution in [-0.4, -0.2) is 5.11 Å². The predicted octanol–water partition coefficient (Wildman–Crippen LogP) is 4.04. The van der Waals surface area contributed by atoms with Crippen LogP contribution in [0.5, 0.6) is 5.75 Å². The van der Waals surface area contributed by atoms with Crippen molar-refractivity contribution < 1.29 is 9.50 Å². The van der Waals surface area contributed by atoms with E-state index in [0.717, 1.165) is 11.1 Å². The van der Waals surface area contributed by atoms with Crippen molar-refractivity contribution >= 4 is 11.6 Å². The van der Waals surface area contributed by atoms with Gasteiger partial charge in [0.05, 0.1) is 5.02 Å². The van der Waals surface area contributed by atoms with E-state index in [9.17, 15) is 9.50 Å². The van der Waals surface area contributed by atoms with E-state index in [1.807, 2.05) is 13.0 Å². The molecule has 19 heavy (non-hydrogen) atoms. The molecule has 0 aliphatic carbocycles. The minimum absolute atomic E-state index is 0.0806. The van der Waals surface area contributed by atoms with E-state index >= 15 is 0 Å². The van der Waals surface area contributed by atoms with E-state index < -0.39 is 0 Å². The van der Waals surface area contributed by atoms with Gasteiger partial charge in [-0.15, -0.1) is 0 Å². The minimum atomic E-state index is -0.235. The molecule has 0 amide bonds. The number of aromatic hydroxyl groups is 1. The Morgan fingerprint density at radius 2 is 1.89 bits per heavy atom. The smallest absolute Gasteiger partial charge is 0.134 e. The molecule has 0 aliphatic heterocycles. The van der Waals surface area contributed by atoms with Gasteiger partial charge in [0.1, 0.15) is 11.6 Å². The Hall–Kier alpha value is -1.58. The summed E-state index contributed by atoms with van der Waals surface area (Å²) in [7, 11) is 0. The van der Waals surface area contributed by atoms with Crippen molar-refractivity contribution in [3.63, 3.8) is 0 Å². The van der Waals surface area contributed by atoms with E-state index in [2.05, 4.69) is 5.32 Å². The van der Waals surface area contributed by atoms with Crippen LogP contribution in [0.4, 0.5) is 4.39 Å². The van der Waals surface area contributed by atoms with Gasteiger partial charge in [-0.05, 0) is 42.3 Å². The molecule has 1 atom stereocenters. The molecular weight excluding hydrogens is 265 g/mol. The van der Waals surface area contributed by atoms with Gasteiger partial charge in [-0.2, -0.15) is 0 Å². The number of hydrogen-bond acceptors (Lipinski definition) is 2. The van der Waals surface area contributed by atoms with Crippen molar-refractivity contribution in [3.05, 3.63) is 64.4 Å². The van der Waals surface area contributed by atoms with Crippen LogP contribution in [0.15, 0.2) is 42.5 Å². The first-order valence-corrected chi connectivity index (χ1v) is 6.40. The summed E-state index contributed by atoms with van der Waals surface area (Å²) in [6, 6.07) is 11.6. The van der Waals surface area contributed by atoms with Gasteiger partial charge in [0.15, 0.2) is 0 Å². The number of hydrogen-bond donors (Lipinski definition) is 2. The fourth-order valence-corrected chi connectivity index (χ4v) is 2.00. The largest absolute Gasteiger partial charge is 0.506 e. The van der Waals surface area contributed by atoms with Gasteiger partial charge < -0.3 is 10.4 Å². The maximum absolute atomic E-state index is 12.8. The maximum Gasteiger partial charge on any atom is 0.134 e. The molecular formula is C15H15ClFNO. The predicted molar refractivity (Wildman–Crippen MR) is 74.8 cm³/mol. The summed E-state index contributed by atoms with van der Waals surface area (Å²) in [5, 5.41) is 13.0. The highest BCUT2D eigenvalue weighted by Crippen LogP contribution is 2.24. The monoisotopic (exact) mass is 279 g/mol. The third-order valence-corrected chi connectivity index (χ3v) is 3.30. The standard InChI is InChI=1S/C15H15ClFNO/c1-10(12-3-5-13(17)6-4-12)18-9-11-2-7-15(19)14(16)8-11/h2-8,10,18-19H,9H2,1H3/t10-/m0/s1. The number of benzene rings is 2. The molecule has 2 N–H and O–H groups in total. The van der Waals surface area contributed by atoms with Crippen LogP contribution < -0.4 is 5.32 Å². The number of halogens is 2. The molecule has 2 rings (SSSR count). The van der Waals surface area contributed by atoms with Gasteiger partial charge in [0.2, 0.25) is 0 Å². The molecule has 0 aliphatic rings. The number of nitrogens with one attached hydrogen (secondary N) is 1. The van der Waals surface area contributed by atoms with Gasteiger partial charge in [-0.3, -0.25) is 0 Å². The van der Waals surface area contributed by atoms with Crippen LogP contribution in [0, 0.1) is 5.82 Å². The number of phenols is 1. The van der Waals surface area contributed by atoms with Gasteiger partial charge >= 0.3 is 0 Å². The van der Waals surface area contributed by atoms with Crippen molar-refractivity contribution in [1.29, 1.82) is 0 Å². The van der Waals surface area contributed by atoms with Gasteiger partial charge in [-0.25, -0.2) is 4.39 Å². The highest BCUT2D eigenvalue weighted by molar-refractivity contribution is 6.32. The zero-order chi connectivity index (χ0) is 13.8. The average Bonchev–Trinajstić information content (AvgIpc) is 2.40. The molecule has 0 bridgehead atoms. The molecule has 0 radical (unpaired) electrons. The summed E-state index contributed by atoms with van der Waals surface area (Å²) in [5.41, 5.74) is 2.00. The molecule has 0 saturated heterocycles. The first kappa shape index (κ1) is 13.8. The van der Waals surface area contributed by atoms with Crippen LogP contribution in [-0.2, 0) is 6.54 Å². The van der Waals surface area contributed by atoms with Crippen molar-refractivity contribution in [2.45, 2.75) is 19.5 Å². The van der Waals surface area contributed by atoms with Crippen LogP contribution in [0.2, 0.25) is 5.02 Å². The summed E-state index contributed by atoms with van der Waals surface area (Å²) < 4.78 is 12.8. The van der Waals surface area contributed by atoms with Crippen LogP contribution in [0.3, 0.4) is 0 Å². The second-order valence-corrected chi connectivity index (χ2v) is 4.85. The van der Waals surface area contributed by atoms with Crippen molar-refractivity contribution in [3.8, 4) is 5.75 Å². The Morgan fingerprint density at radius 1 is 1.21 bits per heavy atom. The molecule has 0 saturated carbocycles. The van der Waals surface area contributed by atoms with Crippen molar-refractivity contribution in [2.75, 3.05) is 0 Å². The van der Waals surface area contributed by atoms with Crippen molar-refractivity contribution in [1.82, 2.24) is 5.32 Å². The fourth-order valence-electron chi connectivity index (χ4n) is 1.80. The minimum Gasteiger partial charge on any atom is -0.506 e. The molecule has 0 heterocycles. The molecule has 100 valence electrons. The quantitative estimate of drug-likeness (QED) is 0.885. The Labute approximate surface area is 116 Å². The first-order valence-electron chi connectivity index (χ1n) is 6.02. The first-order chi connectivity index (χ1) is 9.06. The average molecular weight is 280 g/mol. The van der Waals surface area contributed by atoms with Crippen LogP contribution >= 0.6 is 11.6 Å². The Bertz CT molecular complexity index is 557. The second-order valence-electron chi connectivity index (χ2n) is 4.44. The van der Waals surface area contributed by atoms with Gasteiger partial charge in [0.25, 0.3) is 0 Å². The zero-order valence-electron chi connectivity index (χ0n) is 10.5. The number of phenolic OH excluding ortho intramolecular Hbond substituents is 1. The van der Waals surface area contributed by atoms with E-state index in [1.165, 1.54) is 12.1 Å². The van der Waals surface area contributed by atoms with Crippen LogP contribution in [0.25, 0.3) is 0 Å². The third-order valence-electron chi connectivity index (χ3n) is 2.99. The topological polar surface area (TPSA) is 32.3 Å². The molecule has 2 aromatic rings. The van der Waals surface area contributed by atoms with Crippen LogP contribution in [0.1, 0.15) is 24.1 Å². The molecule has 2 nitrogen and oxygen atoms in total. The third kappa shape index (κ3) is 3.69. The van der Waals surface area contributed by atoms with E-state index in [0.29, 0.717) is 11.6 Å². The molecule has 0 fully saturated rings. The summed E-state index contributed by atoms with van der Waals surface area (Å²) in [6.07, 6.45) is 0. The lowest BCUT2D eigenvalue weighted by atomic mass is 10.1. The van der Waals surface area contributed by atoms with E-state index in [1.54, 1.807) is 24.3 Å². The molecule has 0 aromatic heterocycles. The lowest BCUT2D eigenvalue weighted by Crippen LogP contribution is -2.18. The van der Waals surface area contributed by atoms with E-state index in [-0.39, 0.29) is 17.6 Å². The SMILES string of the molecule is C[C@H](NCc1ccc(O)c(Cl)c1)c1ccc(F)cc1. The summed E-state index contributed by atoms with van der Waals surface area (Å²) in [4.78, 5) is 0. The fraction of sp³-hybridized carbons (Fsp3) is 0.200. The van der Waals surface area contributed by atoms with Crippen molar-refractivity contribution in [2.24, 2.45) is 0 Å². The lowest BCUT2D eigenvalue weighted by molar-refractivity contribution is 0.475. The molecule has 0 spiro atoms. The Kier molecular flexibility index (Phi) is 4.40. The van der Waals surface area contributed by atoms with Gasteiger partial charge in [0, 0.05) is 12.6 Å². The maximum atomic E-state index is 12.8. The highest BCUT2D eigenvalue weighted by atomic mass is 35.5. The molecule has 0 unspecified atom stereocenters. The molecule has 2 aromatic carbocycles.